The zero-order valence-electron chi connectivity index (χ0n) is 20.2. The SMILES string of the molecule is CCCNS(=O)(=O)c1ccc(NC(=O)COc2ccc(C(C)(C)C)cc2C(C)(C)C)cc1. The van der Waals surface area contributed by atoms with Crippen LogP contribution in [0.5, 0.6) is 5.75 Å². The standard InChI is InChI=1S/C25H36N2O4S/c1-8-15-26-32(29,30)20-12-10-19(11-13-20)27-23(28)17-31-22-14-9-18(24(2,3)4)16-21(22)25(5,6)7/h9-14,16,26H,8,15,17H2,1-7H3,(H,27,28). The van der Waals surface area contributed by atoms with Gasteiger partial charge in [-0.2, -0.15) is 0 Å². The lowest BCUT2D eigenvalue weighted by atomic mass is 9.80. The molecule has 0 aliphatic rings. The number of ether oxygens (including phenoxy) is 1. The number of carbonyl (C=O) groups is 1. The Balaban J connectivity index is 2.07. The molecule has 0 heterocycles. The minimum atomic E-state index is -3.53. The van der Waals surface area contributed by atoms with Gasteiger partial charge in [-0.25, -0.2) is 13.1 Å². The van der Waals surface area contributed by atoms with Crippen LogP contribution in [0.15, 0.2) is 47.4 Å². The van der Waals surface area contributed by atoms with Crippen molar-refractivity contribution in [2.75, 3.05) is 18.5 Å². The molecule has 0 aliphatic carbocycles. The van der Waals surface area contributed by atoms with Gasteiger partial charge in [-0.05, 0) is 58.7 Å². The number of benzene rings is 2. The highest BCUT2D eigenvalue weighted by Gasteiger charge is 2.23. The summed E-state index contributed by atoms with van der Waals surface area (Å²) in [5.74, 6) is 0.369. The molecule has 176 valence electrons. The maximum atomic E-state index is 12.4. The molecule has 0 bridgehead atoms. The molecule has 0 atom stereocenters. The molecule has 0 aromatic heterocycles. The van der Waals surface area contributed by atoms with E-state index in [2.05, 4.69) is 57.6 Å². The van der Waals surface area contributed by atoms with Crippen LogP contribution in [-0.2, 0) is 25.6 Å². The molecule has 0 unspecified atom stereocenters. The van der Waals surface area contributed by atoms with E-state index >= 15 is 0 Å². The van der Waals surface area contributed by atoms with Gasteiger partial charge in [0.2, 0.25) is 10.0 Å². The second kappa shape index (κ2) is 10.0. The van der Waals surface area contributed by atoms with E-state index in [1.807, 2.05) is 19.1 Å². The summed E-state index contributed by atoms with van der Waals surface area (Å²) in [5, 5.41) is 2.75. The molecule has 2 N–H and O–H groups in total. The molecule has 2 aromatic carbocycles. The molecule has 0 spiro atoms. The molecule has 2 rings (SSSR count). The first-order valence-corrected chi connectivity index (χ1v) is 12.4. The largest absolute Gasteiger partial charge is 0.483 e. The van der Waals surface area contributed by atoms with Crippen molar-refractivity contribution in [2.45, 2.75) is 70.6 Å². The predicted molar refractivity (Wildman–Crippen MR) is 130 cm³/mol. The first-order chi connectivity index (χ1) is 14.7. The fourth-order valence-corrected chi connectivity index (χ4v) is 4.22. The fraction of sp³-hybridized carbons (Fsp3) is 0.480. The van der Waals surface area contributed by atoms with Crippen LogP contribution in [0.2, 0.25) is 0 Å². The number of hydrogen-bond donors (Lipinski definition) is 2. The van der Waals surface area contributed by atoms with Crippen LogP contribution >= 0.6 is 0 Å². The maximum Gasteiger partial charge on any atom is 0.262 e. The lowest BCUT2D eigenvalue weighted by Gasteiger charge is -2.27. The van der Waals surface area contributed by atoms with E-state index in [4.69, 9.17) is 4.74 Å². The Hall–Kier alpha value is -2.38. The van der Waals surface area contributed by atoms with Crippen LogP contribution in [0.4, 0.5) is 5.69 Å². The molecule has 2 aromatic rings. The smallest absolute Gasteiger partial charge is 0.262 e. The monoisotopic (exact) mass is 460 g/mol. The van der Waals surface area contributed by atoms with Crippen LogP contribution < -0.4 is 14.8 Å². The number of rotatable bonds is 8. The Bertz CT molecular complexity index is 1030. The van der Waals surface area contributed by atoms with E-state index in [0.717, 1.165) is 5.56 Å². The molecule has 0 saturated carbocycles. The Morgan fingerprint density at radius 3 is 2.09 bits per heavy atom. The molecule has 0 fully saturated rings. The Kier molecular flexibility index (Phi) is 8.12. The maximum absolute atomic E-state index is 12.4. The zero-order valence-corrected chi connectivity index (χ0v) is 21.0. The van der Waals surface area contributed by atoms with Gasteiger partial charge in [-0.15, -0.1) is 0 Å². The zero-order chi connectivity index (χ0) is 24.2. The highest BCUT2D eigenvalue weighted by Crippen LogP contribution is 2.35. The summed E-state index contributed by atoms with van der Waals surface area (Å²) in [7, 11) is -3.53. The number of carbonyl (C=O) groups excluding carboxylic acids is 1. The molecule has 0 aliphatic heterocycles. The lowest BCUT2D eigenvalue weighted by Crippen LogP contribution is -2.24. The van der Waals surface area contributed by atoms with Gasteiger partial charge in [0.05, 0.1) is 4.90 Å². The summed E-state index contributed by atoms with van der Waals surface area (Å²) < 4.78 is 32.7. The van der Waals surface area contributed by atoms with Crippen molar-refractivity contribution in [1.82, 2.24) is 4.72 Å². The summed E-state index contributed by atoms with van der Waals surface area (Å²) in [4.78, 5) is 12.6. The first kappa shape index (κ1) is 25.9. The molecular formula is C25H36N2O4S. The average Bonchev–Trinajstić information content (AvgIpc) is 2.69. The summed E-state index contributed by atoms with van der Waals surface area (Å²) in [6, 6.07) is 12.2. The average molecular weight is 461 g/mol. The minimum Gasteiger partial charge on any atom is -0.483 e. The summed E-state index contributed by atoms with van der Waals surface area (Å²) >= 11 is 0. The van der Waals surface area contributed by atoms with Gasteiger partial charge >= 0.3 is 0 Å². The van der Waals surface area contributed by atoms with Crippen LogP contribution in [0, 0.1) is 0 Å². The van der Waals surface area contributed by atoms with E-state index in [1.54, 1.807) is 12.1 Å². The Morgan fingerprint density at radius 2 is 1.56 bits per heavy atom. The molecular weight excluding hydrogens is 424 g/mol. The van der Waals surface area contributed by atoms with Crippen molar-refractivity contribution in [1.29, 1.82) is 0 Å². The lowest BCUT2D eigenvalue weighted by molar-refractivity contribution is -0.118. The summed E-state index contributed by atoms with van der Waals surface area (Å²) in [5.41, 5.74) is 2.64. The summed E-state index contributed by atoms with van der Waals surface area (Å²) in [6.45, 7) is 15.0. The molecule has 0 saturated heterocycles. The number of sulfonamides is 1. The highest BCUT2D eigenvalue weighted by atomic mass is 32.2. The Morgan fingerprint density at radius 1 is 0.938 bits per heavy atom. The van der Waals surface area contributed by atoms with Crippen LogP contribution in [-0.4, -0.2) is 27.5 Å². The van der Waals surface area contributed by atoms with E-state index in [1.165, 1.54) is 17.7 Å². The molecule has 32 heavy (non-hydrogen) atoms. The molecule has 0 radical (unpaired) electrons. The highest BCUT2D eigenvalue weighted by molar-refractivity contribution is 7.89. The van der Waals surface area contributed by atoms with Gasteiger partial charge in [0.15, 0.2) is 6.61 Å². The van der Waals surface area contributed by atoms with Gasteiger partial charge in [0.25, 0.3) is 5.91 Å². The second-order valence-electron chi connectivity index (χ2n) is 9.97. The third kappa shape index (κ3) is 7.07. The van der Waals surface area contributed by atoms with E-state index in [9.17, 15) is 13.2 Å². The van der Waals surface area contributed by atoms with Crippen molar-refractivity contribution in [3.05, 3.63) is 53.6 Å². The van der Waals surface area contributed by atoms with E-state index in [-0.39, 0.29) is 28.2 Å². The van der Waals surface area contributed by atoms with Gasteiger partial charge in [0.1, 0.15) is 5.75 Å². The third-order valence-corrected chi connectivity index (χ3v) is 6.48. The molecule has 6 nitrogen and oxygen atoms in total. The number of nitrogens with one attached hydrogen (secondary N) is 2. The predicted octanol–water partition coefficient (Wildman–Crippen LogP) is 4.99. The van der Waals surface area contributed by atoms with E-state index < -0.39 is 10.0 Å². The minimum absolute atomic E-state index is 0.0155. The number of hydrogen-bond acceptors (Lipinski definition) is 4. The van der Waals surface area contributed by atoms with Crippen molar-refractivity contribution < 1.29 is 17.9 Å². The van der Waals surface area contributed by atoms with Crippen LogP contribution in [0.1, 0.15) is 66.0 Å². The van der Waals surface area contributed by atoms with Crippen LogP contribution in [0.3, 0.4) is 0 Å². The molecule has 7 heteroatoms. The normalized spacial score (nSPS) is 12.5. The summed E-state index contributed by atoms with van der Waals surface area (Å²) in [6.07, 6.45) is 0.712. The number of amides is 1. The van der Waals surface area contributed by atoms with Crippen molar-refractivity contribution >= 4 is 21.6 Å². The molecule has 1 amide bonds. The fourth-order valence-electron chi connectivity index (χ4n) is 3.09. The number of anilines is 1. The van der Waals surface area contributed by atoms with Gasteiger partial charge in [-0.1, -0.05) is 60.6 Å². The van der Waals surface area contributed by atoms with Crippen LogP contribution in [0.25, 0.3) is 0 Å². The van der Waals surface area contributed by atoms with Crippen molar-refractivity contribution in [3.8, 4) is 5.75 Å². The van der Waals surface area contributed by atoms with Crippen molar-refractivity contribution in [2.24, 2.45) is 0 Å². The van der Waals surface area contributed by atoms with Crippen molar-refractivity contribution in [3.63, 3.8) is 0 Å². The quantitative estimate of drug-likeness (QED) is 0.581. The second-order valence-corrected chi connectivity index (χ2v) is 11.7. The topological polar surface area (TPSA) is 84.5 Å². The Labute approximate surface area is 192 Å². The van der Waals surface area contributed by atoms with Gasteiger partial charge in [0, 0.05) is 12.2 Å². The first-order valence-electron chi connectivity index (χ1n) is 10.9. The van der Waals surface area contributed by atoms with Gasteiger partial charge in [-0.3, -0.25) is 4.79 Å². The van der Waals surface area contributed by atoms with E-state index in [0.29, 0.717) is 24.4 Å². The van der Waals surface area contributed by atoms with Gasteiger partial charge < -0.3 is 10.1 Å². The third-order valence-electron chi connectivity index (χ3n) is 5.00.